The molecule has 0 saturated heterocycles. The minimum absolute atomic E-state index is 0. The van der Waals surface area contributed by atoms with Crippen LogP contribution in [0.4, 0.5) is 0 Å². The van der Waals surface area contributed by atoms with Gasteiger partial charge in [0.2, 0.25) is 0 Å². The Kier molecular flexibility index (Phi) is 34.5. The van der Waals surface area contributed by atoms with Crippen LogP contribution in [0.3, 0.4) is 0 Å². The van der Waals surface area contributed by atoms with Gasteiger partial charge in [-0.25, -0.2) is 0 Å². The first-order chi connectivity index (χ1) is 21.2. The Hall–Kier alpha value is 2.29. The summed E-state index contributed by atoms with van der Waals surface area (Å²) in [6.45, 7) is 42.6. The third-order valence-electron chi connectivity index (χ3n) is 13.3. The van der Waals surface area contributed by atoms with Crippen molar-refractivity contribution in [2.75, 3.05) is 0 Å². The van der Waals surface area contributed by atoms with E-state index in [4.69, 9.17) is 13.9 Å². The van der Waals surface area contributed by atoms with Gasteiger partial charge in [0.15, 0.2) is 0 Å². The molecule has 0 bridgehead atoms. The van der Waals surface area contributed by atoms with E-state index in [9.17, 15) is 0 Å². The number of rotatable bonds is 24. The summed E-state index contributed by atoms with van der Waals surface area (Å²) >= 11 is 0. The minimum atomic E-state index is -1.23. The second-order valence-corrected chi connectivity index (χ2v) is 44.1. The Bertz CT molecular complexity index is 483. The van der Waals surface area contributed by atoms with Crippen molar-refractivity contribution >= 4 is 49.4 Å². The Morgan fingerprint density at radius 1 is 0.196 bits per heavy atom. The maximum atomic E-state index is 5.53. The van der Waals surface area contributed by atoms with Crippen molar-refractivity contribution in [1.29, 1.82) is 0 Å². The molecule has 46 heavy (non-hydrogen) atoms. The van der Waals surface area contributed by atoms with E-state index in [2.05, 4.69) is 125 Å². The molecule has 0 heterocycles. The van der Waals surface area contributed by atoms with Crippen LogP contribution in [0.5, 0.6) is 0 Å². The van der Waals surface area contributed by atoms with E-state index in [1.807, 2.05) is 0 Å². The molecule has 0 aliphatic heterocycles. The van der Waals surface area contributed by atoms with Gasteiger partial charge in [0.25, 0.3) is 0 Å². The van der Waals surface area contributed by atoms with Crippen molar-refractivity contribution < 1.29 is 32.7 Å². The first kappa shape index (κ1) is 55.0. The van der Waals surface area contributed by atoms with Crippen molar-refractivity contribution in [3.8, 4) is 0 Å². The van der Waals surface area contributed by atoms with Gasteiger partial charge in [0, 0.05) is 0 Å². The molecule has 0 aromatic heterocycles. The molecule has 276 valence electrons. The third-order valence-corrected chi connectivity index (χ3v) is 48.3. The molecule has 0 unspecified atom stereocenters. The zero-order valence-electron chi connectivity index (χ0n) is 35.6. The van der Waals surface area contributed by atoms with E-state index >= 15 is 0 Å². The molecule has 0 aromatic carbocycles. The molecular formula is C36H90N3Si6Y. The first-order valence-corrected chi connectivity index (χ1v) is 35.8. The second kappa shape index (κ2) is 28.8. The maximum absolute atomic E-state index is 5.53. The Morgan fingerprint density at radius 3 is 0.304 bits per heavy atom. The van der Waals surface area contributed by atoms with Crippen molar-refractivity contribution in [2.45, 2.75) is 233 Å². The topological polar surface area (TPSA) is 42.3 Å². The van der Waals surface area contributed by atoms with Gasteiger partial charge >= 0.3 is 32.7 Å². The second-order valence-electron chi connectivity index (χ2n) is 14.0. The summed E-state index contributed by atoms with van der Waals surface area (Å²) in [5, 5.41) is 0. The molecule has 3 nitrogen and oxygen atoms in total. The summed E-state index contributed by atoms with van der Waals surface area (Å²) in [6.07, 6.45) is 0. The predicted octanol–water partition coefficient (Wildman–Crippen LogP) is 16.1. The van der Waals surface area contributed by atoms with E-state index < -0.39 is 49.4 Å². The molecule has 0 radical (unpaired) electrons. The molecule has 0 aliphatic rings. The van der Waals surface area contributed by atoms with E-state index in [1.54, 1.807) is 0 Å². The largest absolute Gasteiger partial charge is 3.00 e. The van der Waals surface area contributed by atoms with Crippen LogP contribution in [-0.2, 0) is 32.7 Å². The number of hydrogen-bond donors (Lipinski definition) is 0. The Labute approximate surface area is 326 Å². The average Bonchev–Trinajstić information content (AvgIpc) is 3.12. The standard InChI is InChI=1S/3C12H30NSi2.Y/c3*1-7-14(8-2,9-3)13-15(10-4,11-5)12-6;/h3*7-12H2,1-6H3;/q3*-1;+3. The van der Waals surface area contributed by atoms with Gasteiger partial charge in [-0.2, -0.15) is 0 Å². The fraction of sp³-hybridized carbons (Fsp3) is 1.00. The fourth-order valence-corrected chi connectivity index (χ4v) is 39.9. The molecule has 0 atom stereocenters. The van der Waals surface area contributed by atoms with Crippen molar-refractivity contribution in [3.63, 3.8) is 0 Å². The third kappa shape index (κ3) is 17.2. The van der Waals surface area contributed by atoms with Crippen LogP contribution in [0.1, 0.15) is 125 Å². The van der Waals surface area contributed by atoms with Crippen LogP contribution in [0.25, 0.3) is 13.9 Å². The smallest absolute Gasteiger partial charge is 0.666 e. The van der Waals surface area contributed by atoms with Crippen LogP contribution < -0.4 is 0 Å². The molecule has 0 N–H and O–H groups in total. The van der Waals surface area contributed by atoms with E-state index in [0.29, 0.717) is 0 Å². The summed E-state index contributed by atoms with van der Waals surface area (Å²) < 4.78 is 16.6. The molecule has 0 aromatic rings. The monoisotopic (exact) mass is 821 g/mol. The van der Waals surface area contributed by atoms with Gasteiger partial charge in [0.05, 0.1) is 0 Å². The minimum Gasteiger partial charge on any atom is -0.666 e. The fourth-order valence-electron chi connectivity index (χ4n) is 7.43. The SMILES string of the molecule is CC[Si](CC)(CC)[N-][Si](CC)(CC)CC.CC[Si](CC)(CC)[N-][Si](CC)(CC)CC.CC[Si](CC)(CC)[N-][Si](CC)(CC)CC.[Y+3]. The Balaban J connectivity index is -0.000000285. The van der Waals surface area contributed by atoms with Gasteiger partial charge in [-0.05, 0) is 0 Å². The molecule has 0 spiro atoms. The van der Waals surface area contributed by atoms with Gasteiger partial charge < -0.3 is 13.9 Å². The molecule has 0 saturated carbocycles. The maximum Gasteiger partial charge on any atom is 3.00 e. The first-order valence-electron chi connectivity index (χ1n) is 20.4. The number of nitrogens with zero attached hydrogens (tertiary/aromatic N) is 3. The summed E-state index contributed by atoms with van der Waals surface area (Å²) in [5.41, 5.74) is 0. The van der Waals surface area contributed by atoms with Crippen LogP contribution in [-0.4, -0.2) is 49.4 Å². The van der Waals surface area contributed by atoms with Gasteiger partial charge in [-0.3, -0.25) is 0 Å². The molecule has 0 fully saturated rings. The summed E-state index contributed by atoms with van der Waals surface area (Å²) in [6, 6.07) is 24.4. The average molecular weight is 823 g/mol. The number of hydrogen-bond acceptors (Lipinski definition) is 0. The van der Waals surface area contributed by atoms with Crippen LogP contribution in [0.2, 0.25) is 109 Å². The normalized spacial score (nSPS) is 12.9. The van der Waals surface area contributed by atoms with Crippen LogP contribution in [0, 0.1) is 0 Å². The van der Waals surface area contributed by atoms with Crippen LogP contribution in [0.15, 0.2) is 0 Å². The van der Waals surface area contributed by atoms with Crippen LogP contribution >= 0.6 is 0 Å². The Morgan fingerprint density at radius 2 is 0.261 bits per heavy atom. The summed E-state index contributed by atoms with van der Waals surface area (Å²) in [4.78, 5) is 0. The summed E-state index contributed by atoms with van der Waals surface area (Å²) in [7, 11) is -7.37. The molecule has 0 aliphatic carbocycles. The predicted molar refractivity (Wildman–Crippen MR) is 233 cm³/mol. The van der Waals surface area contributed by atoms with Gasteiger partial charge in [-0.1, -0.05) is 283 Å². The zero-order valence-corrected chi connectivity index (χ0v) is 44.5. The molecule has 0 rings (SSSR count). The quantitative estimate of drug-likeness (QED) is 0.0871. The van der Waals surface area contributed by atoms with Crippen molar-refractivity contribution in [2.24, 2.45) is 0 Å². The molecular weight excluding hydrogens is 732 g/mol. The van der Waals surface area contributed by atoms with Gasteiger partial charge in [-0.15, -0.1) is 0 Å². The molecule has 10 heteroatoms. The van der Waals surface area contributed by atoms with Gasteiger partial charge in [0.1, 0.15) is 0 Å². The van der Waals surface area contributed by atoms with Crippen molar-refractivity contribution in [1.82, 2.24) is 0 Å². The van der Waals surface area contributed by atoms with E-state index in [1.165, 1.54) is 109 Å². The van der Waals surface area contributed by atoms with E-state index in [-0.39, 0.29) is 32.7 Å². The van der Waals surface area contributed by atoms with Crippen molar-refractivity contribution in [3.05, 3.63) is 13.9 Å². The summed E-state index contributed by atoms with van der Waals surface area (Å²) in [5.74, 6) is 0. The zero-order chi connectivity index (χ0) is 35.8. The molecule has 0 amide bonds. The van der Waals surface area contributed by atoms with E-state index in [0.717, 1.165) is 0 Å².